The van der Waals surface area contributed by atoms with Gasteiger partial charge in [-0.2, -0.15) is 0 Å². The summed E-state index contributed by atoms with van der Waals surface area (Å²) in [6.07, 6.45) is 3.26. The Kier molecular flexibility index (Phi) is 4.35. The molecular weight excluding hydrogens is 178 g/mol. The third kappa shape index (κ3) is 3.56. The SMILES string of the molecule is CC(O)C[N+]1(CC(C)O)CCCCC1. The molecule has 84 valence electrons. The lowest BCUT2D eigenvalue weighted by Crippen LogP contribution is -2.57. The number of hydrogen-bond donors (Lipinski definition) is 2. The van der Waals surface area contributed by atoms with Crippen LogP contribution in [0, 0.1) is 0 Å². The maximum Gasteiger partial charge on any atom is 0.105 e. The van der Waals surface area contributed by atoms with E-state index in [1.165, 1.54) is 19.3 Å². The zero-order valence-electron chi connectivity index (χ0n) is 9.45. The molecule has 1 fully saturated rings. The van der Waals surface area contributed by atoms with Gasteiger partial charge < -0.3 is 14.7 Å². The Morgan fingerprint density at radius 3 is 1.71 bits per heavy atom. The number of hydrogen-bond acceptors (Lipinski definition) is 2. The van der Waals surface area contributed by atoms with Crippen molar-refractivity contribution >= 4 is 0 Å². The highest BCUT2D eigenvalue weighted by Gasteiger charge is 2.32. The molecular formula is C11H24NO2+. The molecule has 14 heavy (non-hydrogen) atoms. The molecule has 1 rings (SSSR count). The Morgan fingerprint density at radius 1 is 0.929 bits per heavy atom. The summed E-state index contributed by atoms with van der Waals surface area (Å²) in [4.78, 5) is 0. The molecule has 2 atom stereocenters. The quantitative estimate of drug-likeness (QED) is 0.660. The molecule has 0 saturated carbocycles. The van der Waals surface area contributed by atoms with Gasteiger partial charge in [0.05, 0.1) is 13.1 Å². The van der Waals surface area contributed by atoms with Crippen molar-refractivity contribution in [2.45, 2.75) is 45.3 Å². The number of likely N-dealkylation sites (tertiary alicyclic amines) is 1. The van der Waals surface area contributed by atoms with E-state index in [1.807, 2.05) is 13.8 Å². The van der Waals surface area contributed by atoms with Crippen molar-refractivity contribution < 1.29 is 14.7 Å². The summed E-state index contributed by atoms with van der Waals surface area (Å²) in [6, 6.07) is 0. The monoisotopic (exact) mass is 202 g/mol. The Bertz CT molecular complexity index is 151. The van der Waals surface area contributed by atoms with Gasteiger partial charge in [-0.1, -0.05) is 0 Å². The summed E-state index contributed by atoms with van der Waals surface area (Å²) in [7, 11) is 0. The van der Waals surface area contributed by atoms with Crippen LogP contribution in [-0.2, 0) is 0 Å². The number of aliphatic hydroxyl groups is 2. The lowest BCUT2D eigenvalue weighted by atomic mass is 10.1. The molecule has 2 unspecified atom stereocenters. The zero-order valence-corrected chi connectivity index (χ0v) is 9.45. The van der Waals surface area contributed by atoms with Crippen LogP contribution in [0.15, 0.2) is 0 Å². The van der Waals surface area contributed by atoms with E-state index in [2.05, 4.69) is 0 Å². The predicted octanol–water partition coefficient (Wildman–Crippen LogP) is 0.749. The summed E-state index contributed by atoms with van der Waals surface area (Å²) in [6.45, 7) is 7.52. The van der Waals surface area contributed by atoms with Crippen LogP contribution in [0.4, 0.5) is 0 Å². The average molecular weight is 202 g/mol. The van der Waals surface area contributed by atoms with Gasteiger partial charge in [0.1, 0.15) is 25.3 Å². The molecule has 1 aliphatic heterocycles. The summed E-state index contributed by atoms with van der Waals surface area (Å²) in [5.41, 5.74) is 0. The van der Waals surface area contributed by atoms with Crippen LogP contribution in [-0.4, -0.2) is 53.1 Å². The third-order valence-electron chi connectivity index (χ3n) is 3.07. The molecule has 1 aliphatic rings. The Hall–Kier alpha value is -0.120. The van der Waals surface area contributed by atoms with Gasteiger partial charge in [-0.25, -0.2) is 0 Å². The molecule has 3 nitrogen and oxygen atoms in total. The summed E-state index contributed by atoms with van der Waals surface area (Å²) in [5, 5.41) is 19.0. The molecule has 1 heterocycles. The van der Waals surface area contributed by atoms with Gasteiger partial charge in [-0.3, -0.25) is 0 Å². The van der Waals surface area contributed by atoms with Gasteiger partial charge in [0, 0.05) is 0 Å². The van der Waals surface area contributed by atoms with Gasteiger partial charge in [0.25, 0.3) is 0 Å². The van der Waals surface area contributed by atoms with Gasteiger partial charge in [0.2, 0.25) is 0 Å². The highest BCUT2D eigenvalue weighted by Crippen LogP contribution is 2.20. The van der Waals surface area contributed by atoms with Crippen LogP contribution in [0.2, 0.25) is 0 Å². The summed E-state index contributed by atoms with van der Waals surface area (Å²) < 4.78 is 0.912. The van der Waals surface area contributed by atoms with E-state index < -0.39 is 0 Å². The van der Waals surface area contributed by atoms with Crippen LogP contribution in [0.1, 0.15) is 33.1 Å². The molecule has 3 heteroatoms. The zero-order chi connectivity index (χ0) is 10.6. The molecule has 1 saturated heterocycles. The molecule has 0 radical (unpaired) electrons. The molecule has 0 aliphatic carbocycles. The fraction of sp³-hybridized carbons (Fsp3) is 1.00. The first kappa shape index (κ1) is 12.0. The van der Waals surface area contributed by atoms with Gasteiger partial charge in [-0.05, 0) is 33.1 Å². The van der Waals surface area contributed by atoms with E-state index in [1.54, 1.807) is 0 Å². The van der Waals surface area contributed by atoms with Crippen molar-refractivity contribution in [2.75, 3.05) is 26.2 Å². The van der Waals surface area contributed by atoms with Gasteiger partial charge >= 0.3 is 0 Å². The first-order valence-corrected chi connectivity index (χ1v) is 5.75. The normalized spacial score (nSPS) is 25.7. The number of piperidine rings is 1. The first-order valence-electron chi connectivity index (χ1n) is 5.75. The average Bonchev–Trinajstić information content (AvgIpc) is 2.01. The fourth-order valence-electron chi connectivity index (χ4n) is 2.74. The standard InChI is InChI=1S/C11H24NO2/c1-10(13)8-12(9-11(2)14)6-4-3-5-7-12/h10-11,13-14H,3-9H2,1-2H3/q+1. The maximum absolute atomic E-state index is 9.49. The van der Waals surface area contributed by atoms with Crippen LogP contribution in [0.5, 0.6) is 0 Å². The molecule has 0 aromatic rings. The van der Waals surface area contributed by atoms with Crippen molar-refractivity contribution in [3.05, 3.63) is 0 Å². The Morgan fingerprint density at radius 2 is 1.36 bits per heavy atom. The minimum atomic E-state index is -0.258. The number of rotatable bonds is 4. The maximum atomic E-state index is 9.49. The largest absolute Gasteiger partial charge is 0.388 e. The van der Waals surface area contributed by atoms with E-state index in [-0.39, 0.29) is 12.2 Å². The van der Waals surface area contributed by atoms with E-state index in [9.17, 15) is 10.2 Å². The Balaban J connectivity index is 2.57. The van der Waals surface area contributed by atoms with Crippen molar-refractivity contribution in [1.82, 2.24) is 0 Å². The smallest absolute Gasteiger partial charge is 0.105 e. The first-order chi connectivity index (χ1) is 6.54. The van der Waals surface area contributed by atoms with E-state index in [0.717, 1.165) is 30.7 Å². The van der Waals surface area contributed by atoms with Gasteiger partial charge in [0.15, 0.2) is 0 Å². The van der Waals surface area contributed by atoms with Crippen LogP contribution >= 0.6 is 0 Å². The second kappa shape index (κ2) is 5.10. The number of quaternary nitrogens is 1. The minimum Gasteiger partial charge on any atom is -0.388 e. The fourth-order valence-corrected chi connectivity index (χ4v) is 2.74. The van der Waals surface area contributed by atoms with E-state index in [0.29, 0.717) is 0 Å². The third-order valence-corrected chi connectivity index (χ3v) is 3.07. The lowest BCUT2D eigenvalue weighted by Gasteiger charge is -2.43. The highest BCUT2D eigenvalue weighted by atomic mass is 16.3. The lowest BCUT2D eigenvalue weighted by molar-refractivity contribution is -0.937. The topological polar surface area (TPSA) is 40.5 Å². The number of aliphatic hydroxyl groups excluding tert-OH is 2. The molecule has 0 spiro atoms. The molecule has 0 amide bonds. The molecule has 0 aromatic heterocycles. The molecule has 0 aromatic carbocycles. The second-order valence-corrected chi connectivity index (χ2v) is 4.91. The second-order valence-electron chi connectivity index (χ2n) is 4.91. The van der Waals surface area contributed by atoms with Crippen molar-refractivity contribution in [2.24, 2.45) is 0 Å². The van der Waals surface area contributed by atoms with Crippen LogP contribution in [0.3, 0.4) is 0 Å². The predicted molar refractivity (Wildman–Crippen MR) is 56.9 cm³/mol. The van der Waals surface area contributed by atoms with Gasteiger partial charge in [-0.15, -0.1) is 0 Å². The van der Waals surface area contributed by atoms with Crippen molar-refractivity contribution in [3.63, 3.8) is 0 Å². The highest BCUT2D eigenvalue weighted by molar-refractivity contribution is 4.59. The van der Waals surface area contributed by atoms with Crippen LogP contribution < -0.4 is 0 Å². The van der Waals surface area contributed by atoms with E-state index >= 15 is 0 Å². The van der Waals surface area contributed by atoms with Crippen molar-refractivity contribution in [1.29, 1.82) is 0 Å². The number of nitrogens with zero attached hydrogens (tertiary/aromatic N) is 1. The Labute approximate surface area is 86.9 Å². The summed E-state index contributed by atoms with van der Waals surface area (Å²) in [5.74, 6) is 0. The van der Waals surface area contributed by atoms with E-state index in [4.69, 9.17) is 0 Å². The minimum absolute atomic E-state index is 0.258. The molecule has 2 N–H and O–H groups in total. The summed E-state index contributed by atoms with van der Waals surface area (Å²) >= 11 is 0. The van der Waals surface area contributed by atoms with Crippen molar-refractivity contribution in [3.8, 4) is 0 Å². The van der Waals surface area contributed by atoms with Crippen LogP contribution in [0.25, 0.3) is 0 Å². The molecule has 0 bridgehead atoms.